The summed E-state index contributed by atoms with van der Waals surface area (Å²) in [6.45, 7) is 7.24. The van der Waals surface area contributed by atoms with E-state index >= 15 is 0 Å². The molecule has 0 atom stereocenters. The van der Waals surface area contributed by atoms with Crippen LogP contribution in [0.5, 0.6) is 0 Å². The van der Waals surface area contributed by atoms with Crippen molar-refractivity contribution in [3.8, 4) is 0 Å². The Kier molecular flexibility index (Phi) is 4.43. The van der Waals surface area contributed by atoms with E-state index < -0.39 is 0 Å². The van der Waals surface area contributed by atoms with Crippen molar-refractivity contribution >= 4 is 5.78 Å². The Balaban J connectivity index is 2.15. The van der Waals surface area contributed by atoms with Gasteiger partial charge in [-0.25, -0.2) is 0 Å². The molecule has 0 aliphatic heterocycles. The molecule has 0 saturated heterocycles. The fourth-order valence-electron chi connectivity index (χ4n) is 1.59. The van der Waals surface area contributed by atoms with E-state index in [0.29, 0.717) is 5.78 Å². The summed E-state index contributed by atoms with van der Waals surface area (Å²) in [6.07, 6.45) is 4.73. The standard InChI is InChI=1S/C11H21NO/c1-3-7-12(8-6-10(2)13)9-11-4-5-11/h11H,3-9H2,1-2H3. The summed E-state index contributed by atoms with van der Waals surface area (Å²) in [4.78, 5) is 13.3. The number of carbonyl (C=O) groups is 1. The third-order valence-corrected chi connectivity index (χ3v) is 2.53. The van der Waals surface area contributed by atoms with Gasteiger partial charge in [0.2, 0.25) is 0 Å². The second-order valence-corrected chi connectivity index (χ2v) is 4.20. The molecule has 2 heteroatoms. The first-order chi connectivity index (χ1) is 6.22. The molecule has 0 amide bonds. The minimum absolute atomic E-state index is 0.317. The molecule has 0 N–H and O–H groups in total. The molecule has 1 fully saturated rings. The number of Topliss-reactive ketones (excluding diaryl/α,β-unsaturated/α-hetero) is 1. The molecular formula is C11H21NO. The first kappa shape index (κ1) is 10.7. The van der Waals surface area contributed by atoms with Crippen molar-refractivity contribution in [1.29, 1.82) is 0 Å². The van der Waals surface area contributed by atoms with Crippen LogP contribution in [0.1, 0.15) is 39.5 Å². The van der Waals surface area contributed by atoms with Gasteiger partial charge >= 0.3 is 0 Å². The molecule has 0 aromatic heterocycles. The van der Waals surface area contributed by atoms with Crippen molar-refractivity contribution in [2.75, 3.05) is 19.6 Å². The second kappa shape index (κ2) is 5.38. The number of carbonyl (C=O) groups excluding carboxylic acids is 1. The van der Waals surface area contributed by atoms with Gasteiger partial charge in [0.15, 0.2) is 0 Å². The van der Waals surface area contributed by atoms with Crippen LogP contribution in [-0.2, 0) is 4.79 Å². The molecule has 0 spiro atoms. The maximum atomic E-state index is 10.8. The van der Waals surface area contributed by atoms with Crippen LogP contribution in [0, 0.1) is 5.92 Å². The quantitative estimate of drug-likeness (QED) is 0.602. The summed E-state index contributed by atoms with van der Waals surface area (Å²) < 4.78 is 0. The van der Waals surface area contributed by atoms with Gasteiger partial charge in [-0.1, -0.05) is 6.92 Å². The molecule has 0 radical (unpaired) electrons. The van der Waals surface area contributed by atoms with Crippen LogP contribution in [0.3, 0.4) is 0 Å². The van der Waals surface area contributed by atoms with Crippen molar-refractivity contribution in [3.63, 3.8) is 0 Å². The number of rotatable bonds is 7. The van der Waals surface area contributed by atoms with Crippen LogP contribution in [0.25, 0.3) is 0 Å². The SMILES string of the molecule is CCCN(CCC(C)=O)CC1CC1. The van der Waals surface area contributed by atoms with Crippen LogP contribution in [0.4, 0.5) is 0 Å². The molecule has 0 unspecified atom stereocenters. The lowest BCUT2D eigenvalue weighted by molar-refractivity contribution is -0.117. The zero-order valence-corrected chi connectivity index (χ0v) is 8.88. The summed E-state index contributed by atoms with van der Waals surface area (Å²) >= 11 is 0. The van der Waals surface area contributed by atoms with Crippen LogP contribution in [0.2, 0.25) is 0 Å². The molecule has 0 heterocycles. The normalized spacial score (nSPS) is 16.5. The molecule has 1 aliphatic rings. The zero-order valence-electron chi connectivity index (χ0n) is 8.88. The minimum Gasteiger partial charge on any atom is -0.303 e. The average molecular weight is 183 g/mol. The Morgan fingerprint density at radius 1 is 1.38 bits per heavy atom. The first-order valence-corrected chi connectivity index (χ1v) is 5.44. The predicted molar refractivity (Wildman–Crippen MR) is 54.8 cm³/mol. The van der Waals surface area contributed by atoms with E-state index in [1.54, 1.807) is 6.92 Å². The molecule has 13 heavy (non-hydrogen) atoms. The summed E-state index contributed by atoms with van der Waals surface area (Å²) in [5.74, 6) is 1.26. The van der Waals surface area contributed by atoms with Crippen molar-refractivity contribution in [2.45, 2.75) is 39.5 Å². The minimum atomic E-state index is 0.317. The molecule has 1 rings (SSSR count). The first-order valence-electron chi connectivity index (χ1n) is 5.44. The van der Waals surface area contributed by atoms with E-state index in [4.69, 9.17) is 0 Å². The number of hydrogen-bond acceptors (Lipinski definition) is 2. The Hall–Kier alpha value is -0.370. The molecule has 2 nitrogen and oxygen atoms in total. The van der Waals surface area contributed by atoms with Gasteiger partial charge in [0, 0.05) is 19.5 Å². The maximum Gasteiger partial charge on any atom is 0.131 e. The third-order valence-electron chi connectivity index (χ3n) is 2.53. The Bertz CT molecular complexity index is 163. The van der Waals surface area contributed by atoms with Crippen molar-refractivity contribution in [2.24, 2.45) is 5.92 Å². The van der Waals surface area contributed by atoms with Gasteiger partial charge in [-0.3, -0.25) is 4.79 Å². The van der Waals surface area contributed by atoms with Gasteiger partial charge in [0.1, 0.15) is 5.78 Å². The van der Waals surface area contributed by atoms with Crippen molar-refractivity contribution < 1.29 is 4.79 Å². The smallest absolute Gasteiger partial charge is 0.131 e. The van der Waals surface area contributed by atoms with Gasteiger partial charge in [-0.15, -0.1) is 0 Å². The fraction of sp³-hybridized carbons (Fsp3) is 0.909. The molecule has 0 bridgehead atoms. The zero-order chi connectivity index (χ0) is 9.68. The molecule has 1 saturated carbocycles. The molecule has 76 valence electrons. The van der Waals surface area contributed by atoms with Crippen LogP contribution < -0.4 is 0 Å². The number of hydrogen-bond donors (Lipinski definition) is 0. The Morgan fingerprint density at radius 2 is 2.08 bits per heavy atom. The predicted octanol–water partition coefficient (Wildman–Crippen LogP) is 2.09. The molecule has 0 aromatic rings. The Morgan fingerprint density at radius 3 is 2.54 bits per heavy atom. The van der Waals surface area contributed by atoms with Crippen molar-refractivity contribution in [1.82, 2.24) is 4.90 Å². The van der Waals surface area contributed by atoms with E-state index in [1.807, 2.05) is 0 Å². The molecular weight excluding hydrogens is 162 g/mol. The summed E-state index contributed by atoms with van der Waals surface area (Å²) in [6, 6.07) is 0. The van der Waals surface area contributed by atoms with Gasteiger partial charge in [0.25, 0.3) is 0 Å². The average Bonchev–Trinajstić information content (AvgIpc) is 2.84. The van der Waals surface area contributed by atoms with E-state index in [9.17, 15) is 4.79 Å². The third kappa shape index (κ3) is 5.04. The highest BCUT2D eigenvalue weighted by Gasteiger charge is 2.23. The number of nitrogens with zero attached hydrogens (tertiary/aromatic N) is 1. The van der Waals surface area contributed by atoms with Crippen molar-refractivity contribution in [3.05, 3.63) is 0 Å². The van der Waals surface area contributed by atoms with E-state index in [1.165, 1.54) is 25.8 Å². The number of ketones is 1. The highest BCUT2D eigenvalue weighted by Crippen LogP contribution is 2.29. The highest BCUT2D eigenvalue weighted by atomic mass is 16.1. The summed E-state index contributed by atoms with van der Waals surface area (Å²) in [5.41, 5.74) is 0. The Labute approximate surface area is 81.3 Å². The van der Waals surface area contributed by atoms with Gasteiger partial charge < -0.3 is 4.90 Å². The summed E-state index contributed by atoms with van der Waals surface area (Å²) in [7, 11) is 0. The monoisotopic (exact) mass is 183 g/mol. The van der Waals surface area contributed by atoms with E-state index in [-0.39, 0.29) is 0 Å². The van der Waals surface area contributed by atoms with E-state index in [2.05, 4.69) is 11.8 Å². The molecule has 1 aliphatic carbocycles. The van der Waals surface area contributed by atoms with Gasteiger partial charge in [-0.2, -0.15) is 0 Å². The second-order valence-electron chi connectivity index (χ2n) is 4.20. The largest absolute Gasteiger partial charge is 0.303 e. The lowest BCUT2D eigenvalue weighted by Crippen LogP contribution is -2.29. The fourth-order valence-corrected chi connectivity index (χ4v) is 1.59. The topological polar surface area (TPSA) is 20.3 Å². The molecule has 0 aromatic carbocycles. The highest BCUT2D eigenvalue weighted by molar-refractivity contribution is 5.75. The van der Waals surface area contributed by atoms with Gasteiger partial charge in [0.05, 0.1) is 0 Å². The maximum absolute atomic E-state index is 10.8. The summed E-state index contributed by atoms with van der Waals surface area (Å²) in [5, 5.41) is 0. The van der Waals surface area contributed by atoms with E-state index in [0.717, 1.165) is 25.4 Å². The lowest BCUT2D eigenvalue weighted by Gasteiger charge is -2.20. The van der Waals surface area contributed by atoms with Crippen LogP contribution in [-0.4, -0.2) is 30.3 Å². The lowest BCUT2D eigenvalue weighted by atomic mass is 10.2. The van der Waals surface area contributed by atoms with Crippen LogP contribution in [0.15, 0.2) is 0 Å². The van der Waals surface area contributed by atoms with Gasteiger partial charge in [-0.05, 0) is 38.6 Å². The van der Waals surface area contributed by atoms with Crippen LogP contribution >= 0.6 is 0 Å².